The molecular formula is C17H25N5O5S. The molecule has 0 saturated heterocycles. The van der Waals surface area contributed by atoms with Gasteiger partial charge in [-0.1, -0.05) is 35.4 Å². The van der Waals surface area contributed by atoms with E-state index >= 15 is 0 Å². The van der Waals surface area contributed by atoms with Gasteiger partial charge < -0.3 is 10.1 Å². The van der Waals surface area contributed by atoms with Gasteiger partial charge in [0.05, 0.1) is 5.75 Å². The highest BCUT2D eigenvalue weighted by Gasteiger charge is 2.27. The average Bonchev–Trinajstić information content (AvgIpc) is 2.57. The number of nitrogens with one attached hydrogen (secondary N) is 2. The van der Waals surface area contributed by atoms with Crippen molar-refractivity contribution in [3.8, 4) is 0 Å². The smallest absolute Gasteiger partial charge is 0.408 e. The van der Waals surface area contributed by atoms with Crippen molar-refractivity contribution in [2.24, 2.45) is 5.11 Å². The van der Waals surface area contributed by atoms with Gasteiger partial charge in [-0.15, -0.1) is 0 Å². The molecule has 2 amide bonds. The monoisotopic (exact) mass is 411 g/mol. The Morgan fingerprint density at radius 2 is 1.89 bits per heavy atom. The molecule has 1 aromatic rings. The molecule has 0 saturated carbocycles. The number of hydrogen-bond donors (Lipinski definition) is 2. The van der Waals surface area contributed by atoms with E-state index in [1.165, 1.54) is 0 Å². The van der Waals surface area contributed by atoms with Crippen LogP contribution in [0.5, 0.6) is 0 Å². The van der Waals surface area contributed by atoms with Crippen molar-refractivity contribution in [3.05, 3.63) is 46.3 Å². The number of azide groups is 1. The number of nitrogens with zero attached hydrogens (tertiary/aromatic N) is 3. The Balaban J connectivity index is 2.85. The van der Waals surface area contributed by atoms with Crippen molar-refractivity contribution in [3.63, 3.8) is 0 Å². The number of rotatable bonds is 9. The van der Waals surface area contributed by atoms with Crippen LogP contribution in [0, 0.1) is 0 Å². The Labute approximate surface area is 164 Å². The minimum Gasteiger partial charge on any atom is -0.444 e. The van der Waals surface area contributed by atoms with Gasteiger partial charge >= 0.3 is 6.09 Å². The van der Waals surface area contributed by atoms with Crippen molar-refractivity contribution in [1.29, 1.82) is 0 Å². The summed E-state index contributed by atoms with van der Waals surface area (Å²) in [6.45, 7) is 5.02. The van der Waals surface area contributed by atoms with Crippen LogP contribution in [0.3, 0.4) is 0 Å². The molecule has 0 bridgehead atoms. The van der Waals surface area contributed by atoms with E-state index in [2.05, 4.69) is 15.3 Å². The zero-order valence-electron chi connectivity index (χ0n) is 16.1. The molecule has 0 radical (unpaired) electrons. The first-order valence-electron chi connectivity index (χ1n) is 8.61. The molecular weight excluding hydrogens is 386 g/mol. The van der Waals surface area contributed by atoms with E-state index in [1.54, 1.807) is 51.1 Å². The van der Waals surface area contributed by atoms with Gasteiger partial charge in [0.15, 0.2) is 0 Å². The van der Waals surface area contributed by atoms with Crippen LogP contribution < -0.4 is 10.0 Å². The summed E-state index contributed by atoms with van der Waals surface area (Å²) in [5.74, 6) is -1.26. The van der Waals surface area contributed by atoms with Crippen molar-refractivity contribution in [1.82, 2.24) is 10.0 Å². The molecule has 0 fully saturated rings. The van der Waals surface area contributed by atoms with E-state index in [1.807, 2.05) is 4.72 Å². The second-order valence-corrected chi connectivity index (χ2v) is 8.82. The molecule has 0 aromatic heterocycles. The maximum absolute atomic E-state index is 12.5. The summed E-state index contributed by atoms with van der Waals surface area (Å²) in [4.78, 5) is 27.1. The quantitative estimate of drug-likeness (QED) is 0.276. The first-order chi connectivity index (χ1) is 13.0. The Hall–Kier alpha value is -2.78. The summed E-state index contributed by atoms with van der Waals surface area (Å²) in [7, 11) is -3.94. The predicted molar refractivity (Wildman–Crippen MR) is 104 cm³/mol. The third-order valence-electron chi connectivity index (χ3n) is 3.28. The van der Waals surface area contributed by atoms with E-state index < -0.39 is 33.7 Å². The first-order valence-corrected chi connectivity index (χ1v) is 10.3. The molecule has 28 heavy (non-hydrogen) atoms. The standard InChI is InChI=1S/C17H25N5O5S/c1-17(2,3)27-16(24)20-14(12-13-8-5-4-6-9-13)15(23)21-28(25,26)11-7-10-19-22-18/h4-6,8-9,14H,7,10-12H2,1-3H3,(H,20,24)(H,21,23). The van der Waals surface area contributed by atoms with Crippen LogP contribution in [0.15, 0.2) is 35.4 Å². The van der Waals surface area contributed by atoms with Crippen LogP contribution >= 0.6 is 0 Å². The molecule has 0 spiro atoms. The van der Waals surface area contributed by atoms with Crippen molar-refractivity contribution in [2.45, 2.75) is 45.3 Å². The number of hydrogen-bond acceptors (Lipinski definition) is 6. The zero-order valence-corrected chi connectivity index (χ0v) is 16.9. The fraction of sp³-hybridized carbons (Fsp3) is 0.529. The van der Waals surface area contributed by atoms with Crippen molar-refractivity contribution < 1.29 is 22.7 Å². The molecule has 1 aromatic carbocycles. The summed E-state index contributed by atoms with van der Waals surface area (Å²) in [6, 6.07) is 7.70. The van der Waals surface area contributed by atoms with E-state index in [0.717, 1.165) is 5.56 Å². The highest BCUT2D eigenvalue weighted by molar-refractivity contribution is 7.90. The third kappa shape index (κ3) is 9.79. The number of sulfonamides is 1. The van der Waals surface area contributed by atoms with E-state index in [4.69, 9.17) is 10.3 Å². The number of alkyl carbamates (subject to hydrolysis) is 1. The summed E-state index contributed by atoms with van der Waals surface area (Å²) < 4.78 is 31.2. The largest absolute Gasteiger partial charge is 0.444 e. The van der Waals surface area contributed by atoms with Crippen molar-refractivity contribution >= 4 is 22.0 Å². The minimum atomic E-state index is -3.94. The zero-order chi connectivity index (χ0) is 21.2. The highest BCUT2D eigenvalue weighted by Crippen LogP contribution is 2.09. The predicted octanol–water partition coefficient (Wildman–Crippen LogP) is 2.27. The number of amides is 2. The molecule has 1 atom stereocenters. The molecule has 11 heteroatoms. The van der Waals surface area contributed by atoms with Crippen molar-refractivity contribution in [2.75, 3.05) is 12.3 Å². The van der Waals surface area contributed by atoms with Crippen LogP contribution in [0.1, 0.15) is 32.8 Å². The van der Waals surface area contributed by atoms with Gasteiger partial charge in [-0.25, -0.2) is 13.2 Å². The summed E-state index contributed by atoms with van der Waals surface area (Å²) >= 11 is 0. The fourth-order valence-electron chi connectivity index (χ4n) is 2.15. The maximum Gasteiger partial charge on any atom is 0.408 e. The van der Waals surface area contributed by atoms with Gasteiger partial charge in [-0.05, 0) is 38.3 Å². The highest BCUT2D eigenvalue weighted by atomic mass is 32.2. The Bertz CT molecular complexity index is 814. The number of ether oxygens (including phenoxy) is 1. The van der Waals surface area contributed by atoms with Crippen LogP contribution in [-0.2, 0) is 26.0 Å². The lowest BCUT2D eigenvalue weighted by molar-refractivity contribution is -0.121. The third-order valence-corrected chi connectivity index (χ3v) is 4.62. The van der Waals surface area contributed by atoms with Gasteiger partial charge in [-0.3, -0.25) is 9.52 Å². The fourth-order valence-corrected chi connectivity index (χ4v) is 3.21. The summed E-state index contributed by atoms with van der Waals surface area (Å²) in [5, 5.41) is 5.66. The molecule has 0 aliphatic carbocycles. The van der Waals surface area contributed by atoms with Gasteiger partial charge in [0.1, 0.15) is 11.6 Å². The molecule has 10 nitrogen and oxygen atoms in total. The van der Waals surface area contributed by atoms with E-state index in [9.17, 15) is 18.0 Å². The Morgan fingerprint density at radius 1 is 1.25 bits per heavy atom. The number of carbonyl (C=O) groups is 2. The molecule has 0 heterocycles. The topological polar surface area (TPSA) is 150 Å². The second kappa shape index (κ2) is 10.5. The Kier molecular flexibility index (Phi) is 8.75. The van der Waals surface area contributed by atoms with Gasteiger partial charge in [0.2, 0.25) is 10.0 Å². The molecule has 0 aliphatic heterocycles. The lowest BCUT2D eigenvalue weighted by atomic mass is 10.1. The molecule has 1 rings (SSSR count). The first kappa shape index (κ1) is 23.3. The lowest BCUT2D eigenvalue weighted by Gasteiger charge is -2.23. The SMILES string of the molecule is CC(C)(C)OC(=O)NC(Cc1ccccc1)C(=O)NS(=O)(=O)CCCN=[N+]=[N-]. The average molecular weight is 411 g/mol. The van der Waals surface area contributed by atoms with Gasteiger partial charge in [0, 0.05) is 17.9 Å². The normalized spacial score (nSPS) is 12.4. The van der Waals surface area contributed by atoms with E-state index in [0.29, 0.717) is 0 Å². The molecule has 0 aliphatic rings. The molecule has 1 unspecified atom stereocenters. The molecule has 2 N–H and O–H groups in total. The Morgan fingerprint density at radius 3 is 2.46 bits per heavy atom. The second-order valence-electron chi connectivity index (χ2n) is 6.98. The van der Waals surface area contributed by atoms with Crippen LogP contribution in [0.25, 0.3) is 10.4 Å². The number of carbonyl (C=O) groups excluding carboxylic acids is 2. The minimum absolute atomic E-state index is 0.00476. The van der Waals surface area contributed by atoms with Crippen LogP contribution in [0.4, 0.5) is 4.79 Å². The summed E-state index contributed by atoms with van der Waals surface area (Å²) in [5.41, 5.74) is 8.17. The molecule has 154 valence electrons. The lowest BCUT2D eigenvalue weighted by Crippen LogP contribution is -2.51. The van der Waals surface area contributed by atoms with Gasteiger partial charge in [-0.2, -0.15) is 0 Å². The number of benzene rings is 1. The summed E-state index contributed by atoms with van der Waals surface area (Å²) in [6.07, 6.45) is -0.681. The van der Waals surface area contributed by atoms with Crippen LogP contribution in [0.2, 0.25) is 0 Å². The maximum atomic E-state index is 12.5. The van der Waals surface area contributed by atoms with Gasteiger partial charge in [0.25, 0.3) is 5.91 Å². The van der Waals surface area contributed by atoms with Crippen LogP contribution in [-0.4, -0.2) is 44.4 Å². The van der Waals surface area contributed by atoms with E-state index in [-0.39, 0.29) is 25.1 Å².